The number of nitrogen functional groups attached to an aromatic ring is 1. The smallest absolute Gasteiger partial charge is 0.223 e. The molecule has 1 aliphatic rings. The van der Waals surface area contributed by atoms with E-state index in [1.165, 1.54) is 18.4 Å². The third kappa shape index (κ3) is 2.96. The van der Waals surface area contributed by atoms with Crippen LogP contribution in [0.4, 0.5) is 11.8 Å². The number of hydrogen-bond acceptors (Lipinski definition) is 4. The van der Waals surface area contributed by atoms with Crippen molar-refractivity contribution in [3.8, 4) is 0 Å². The Morgan fingerprint density at radius 2 is 1.95 bits per heavy atom. The molecule has 3 rings (SSSR count). The van der Waals surface area contributed by atoms with Crippen molar-refractivity contribution < 1.29 is 0 Å². The first-order valence-electron chi connectivity index (χ1n) is 6.34. The number of hydrogen-bond donors (Lipinski definition) is 2. The molecule has 0 bridgehead atoms. The quantitative estimate of drug-likeness (QED) is 0.840. The van der Waals surface area contributed by atoms with Gasteiger partial charge in [-0.1, -0.05) is 41.9 Å². The highest BCUT2D eigenvalue weighted by Crippen LogP contribution is 2.42. The zero-order valence-corrected chi connectivity index (χ0v) is 11.1. The predicted molar refractivity (Wildman–Crippen MR) is 77.0 cm³/mol. The summed E-state index contributed by atoms with van der Waals surface area (Å²) < 4.78 is 0. The molecule has 1 aliphatic carbocycles. The van der Waals surface area contributed by atoms with Gasteiger partial charge in [0.1, 0.15) is 11.0 Å². The molecule has 0 spiro atoms. The topological polar surface area (TPSA) is 63.8 Å². The summed E-state index contributed by atoms with van der Waals surface area (Å²) in [5, 5.41) is 3.78. The standard InChI is InChI=1S/C14H15ClN4/c15-11-8-12(19-14(16)17-11)18-13(10-6-7-10)9-4-2-1-3-5-9/h1-5,8,10,13H,6-7H2,(H3,16,17,18,19). The van der Waals surface area contributed by atoms with Crippen molar-refractivity contribution in [3.05, 3.63) is 47.1 Å². The summed E-state index contributed by atoms with van der Waals surface area (Å²) in [7, 11) is 0. The SMILES string of the molecule is Nc1nc(Cl)cc(NC(c2ccccc2)C2CC2)n1. The van der Waals surface area contributed by atoms with Crippen molar-refractivity contribution in [2.24, 2.45) is 5.92 Å². The number of nitrogens with one attached hydrogen (secondary N) is 1. The lowest BCUT2D eigenvalue weighted by Gasteiger charge is -2.19. The van der Waals surface area contributed by atoms with Gasteiger partial charge in [-0.3, -0.25) is 0 Å². The molecule has 1 aromatic heterocycles. The van der Waals surface area contributed by atoms with E-state index in [2.05, 4.69) is 27.4 Å². The van der Waals surface area contributed by atoms with Crippen molar-refractivity contribution in [2.75, 3.05) is 11.1 Å². The minimum Gasteiger partial charge on any atom is -0.368 e. The van der Waals surface area contributed by atoms with Gasteiger partial charge in [0, 0.05) is 6.07 Å². The van der Waals surface area contributed by atoms with Gasteiger partial charge in [-0.05, 0) is 24.3 Å². The van der Waals surface area contributed by atoms with Crippen LogP contribution in [0.15, 0.2) is 36.4 Å². The molecule has 1 aromatic carbocycles. The van der Waals surface area contributed by atoms with E-state index >= 15 is 0 Å². The first-order chi connectivity index (χ1) is 9.22. The number of aromatic nitrogens is 2. The lowest BCUT2D eigenvalue weighted by atomic mass is 10.0. The van der Waals surface area contributed by atoms with Crippen LogP contribution in [0.1, 0.15) is 24.4 Å². The van der Waals surface area contributed by atoms with E-state index in [1.807, 2.05) is 18.2 Å². The van der Waals surface area contributed by atoms with Gasteiger partial charge in [-0.15, -0.1) is 0 Å². The second kappa shape index (κ2) is 5.05. The summed E-state index contributed by atoms with van der Waals surface area (Å²) in [6.07, 6.45) is 2.47. The van der Waals surface area contributed by atoms with E-state index in [9.17, 15) is 0 Å². The number of halogens is 1. The molecule has 3 N–H and O–H groups in total. The lowest BCUT2D eigenvalue weighted by molar-refractivity contribution is 0.675. The normalized spacial score (nSPS) is 16.1. The second-order valence-corrected chi connectivity index (χ2v) is 5.19. The Morgan fingerprint density at radius 3 is 2.58 bits per heavy atom. The van der Waals surface area contributed by atoms with Gasteiger partial charge in [0.25, 0.3) is 0 Å². The predicted octanol–water partition coefficient (Wildman–Crippen LogP) is 3.28. The van der Waals surface area contributed by atoms with Crippen LogP contribution in [0.5, 0.6) is 0 Å². The van der Waals surface area contributed by atoms with Crippen molar-refractivity contribution >= 4 is 23.4 Å². The zero-order valence-electron chi connectivity index (χ0n) is 10.4. The minimum absolute atomic E-state index is 0.192. The fourth-order valence-corrected chi connectivity index (χ4v) is 2.42. The van der Waals surface area contributed by atoms with E-state index in [0.29, 0.717) is 16.9 Å². The summed E-state index contributed by atoms with van der Waals surface area (Å²) in [5.74, 6) is 1.52. The van der Waals surface area contributed by atoms with Gasteiger partial charge in [0.2, 0.25) is 5.95 Å². The van der Waals surface area contributed by atoms with Crippen molar-refractivity contribution in [1.82, 2.24) is 9.97 Å². The Balaban J connectivity index is 1.86. The Labute approximate surface area is 117 Å². The van der Waals surface area contributed by atoms with Crippen LogP contribution in [-0.4, -0.2) is 9.97 Å². The molecule has 0 aliphatic heterocycles. The maximum atomic E-state index is 5.90. The molecule has 1 saturated carbocycles. The molecule has 2 aromatic rings. The fourth-order valence-electron chi connectivity index (χ4n) is 2.23. The molecule has 1 atom stereocenters. The first-order valence-corrected chi connectivity index (χ1v) is 6.72. The van der Waals surface area contributed by atoms with E-state index < -0.39 is 0 Å². The average Bonchev–Trinajstić information content (AvgIpc) is 3.20. The minimum atomic E-state index is 0.192. The van der Waals surface area contributed by atoms with Crippen molar-refractivity contribution in [1.29, 1.82) is 0 Å². The monoisotopic (exact) mass is 274 g/mol. The van der Waals surface area contributed by atoms with Crippen LogP contribution in [0.3, 0.4) is 0 Å². The molecule has 1 fully saturated rings. The van der Waals surface area contributed by atoms with Gasteiger partial charge < -0.3 is 11.1 Å². The molecule has 1 heterocycles. The Morgan fingerprint density at radius 1 is 1.21 bits per heavy atom. The highest BCUT2D eigenvalue weighted by Gasteiger charge is 2.32. The summed E-state index contributed by atoms with van der Waals surface area (Å²) in [4.78, 5) is 8.05. The van der Waals surface area contributed by atoms with Gasteiger partial charge in [-0.2, -0.15) is 4.98 Å². The van der Waals surface area contributed by atoms with Crippen LogP contribution < -0.4 is 11.1 Å². The number of anilines is 2. The molecule has 0 saturated heterocycles. The molecule has 5 heteroatoms. The highest BCUT2D eigenvalue weighted by molar-refractivity contribution is 6.29. The average molecular weight is 275 g/mol. The van der Waals surface area contributed by atoms with Gasteiger partial charge >= 0.3 is 0 Å². The molecule has 4 nitrogen and oxygen atoms in total. The Hall–Kier alpha value is -1.81. The summed E-state index contributed by atoms with van der Waals surface area (Å²) in [6, 6.07) is 12.3. The van der Waals surface area contributed by atoms with Crippen LogP contribution in [-0.2, 0) is 0 Å². The molecule has 0 amide bonds. The van der Waals surface area contributed by atoms with E-state index in [1.54, 1.807) is 6.07 Å². The van der Waals surface area contributed by atoms with Crippen molar-refractivity contribution in [3.63, 3.8) is 0 Å². The first kappa shape index (κ1) is 12.2. The lowest BCUT2D eigenvalue weighted by Crippen LogP contribution is -2.14. The number of rotatable bonds is 4. The molecular formula is C14H15ClN4. The molecule has 98 valence electrons. The largest absolute Gasteiger partial charge is 0.368 e. The molecule has 0 radical (unpaired) electrons. The zero-order chi connectivity index (χ0) is 13.2. The molecule has 1 unspecified atom stereocenters. The van der Waals surface area contributed by atoms with E-state index in [4.69, 9.17) is 17.3 Å². The molecule has 19 heavy (non-hydrogen) atoms. The van der Waals surface area contributed by atoms with Gasteiger partial charge in [0.15, 0.2) is 0 Å². The van der Waals surface area contributed by atoms with Crippen LogP contribution in [0.2, 0.25) is 5.15 Å². The van der Waals surface area contributed by atoms with E-state index in [0.717, 1.165) is 0 Å². The van der Waals surface area contributed by atoms with Crippen molar-refractivity contribution in [2.45, 2.75) is 18.9 Å². The van der Waals surface area contributed by atoms with Crippen LogP contribution in [0, 0.1) is 5.92 Å². The summed E-state index contributed by atoms with van der Waals surface area (Å²) in [6.45, 7) is 0. The number of nitrogens with two attached hydrogens (primary N) is 1. The van der Waals surface area contributed by atoms with E-state index in [-0.39, 0.29) is 12.0 Å². The maximum Gasteiger partial charge on any atom is 0.223 e. The number of benzene rings is 1. The summed E-state index contributed by atoms with van der Waals surface area (Å²) in [5.41, 5.74) is 6.88. The molecular weight excluding hydrogens is 260 g/mol. The second-order valence-electron chi connectivity index (χ2n) is 4.80. The van der Waals surface area contributed by atoms with Crippen LogP contribution in [0.25, 0.3) is 0 Å². The fraction of sp³-hybridized carbons (Fsp3) is 0.286. The van der Waals surface area contributed by atoms with Crippen LogP contribution >= 0.6 is 11.6 Å². The third-order valence-corrected chi connectivity index (χ3v) is 3.46. The van der Waals surface area contributed by atoms with Gasteiger partial charge in [0.05, 0.1) is 6.04 Å². The highest BCUT2D eigenvalue weighted by atomic mass is 35.5. The number of nitrogens with zero attached hydrogens (tertiary/aromatic N) is 2. The Kier molecular flexibility index (Phi) is 3.25. The third-order valence-electron chi connectivity index (χ3n) is 3.27. The van der Waals surface area contributed by atoms with Gasteiger partial charge in [-0.25, -0.2) is 4.98 Å². The Bertz CT molecular complexity index is 549. The summed E-state index contributed by atoms with van der Waals surface area (Å²) >= 11 is 5.90. The maximum absolute atomic E-state index is 5.90.